The Morgan fingerprint density at radius 2 is 2.22 bits per heavy atom. The zero-order chi connectivity index (χ0) is 6.74. The molecule has 0 amide bonds. The van der Waals surface area contributed by atoms with Crippen LogP contribution >= 0.6 is 11.6 Å². The Labute approximate surface area is 61.3 Å². The van der Waals surface area contributed by atoms with Crippen LogP contribution in [0.4, 0.5) is 0 Å². The van der Waals surface area contributed by atoms with E-state index in [1.165, 1.54) is 19.3 Å². The average Bonchev–Trinajstić information content (AvgIpc) is 1.79. The Kier molecular flexibility index (Phi) is 2.36. The molecule has 0 radical (unpaired) electrons. The molecule has 0 atom stereocenters. The topological polar surface area (TPSA) is 9.23 Å². The van der Waals surface area contributed by atoms with Crippen molar-refractivity contribution in [1.29, 1.82) is 0 Å². The predicted molar refractivity (Wildman–Crippen MR) is 38.9 cm³/mol. The van der Waals surface area contributed by atoms with Gasteiger partial charge in [0.15, 0.2) is 0 Å². The largest absolute Gasteiger partial charge is 0.384 e. The van der Waals surface area contributed by atoms with Crippen LogP contribution in [0.25, 0.3) is 0 Å². The molecule has 0 N–H and O–H groups in total. The average molecular weight is 149 g/mol. The van der Waals surface area contributed by atoms with Crippen LogP contribution in [-0.2, 0) is 4.74 Å². The lowest BCUT2D eigenvalue weighted by molar-refractivity contribution is 0.0360. The molecule has 1 aliphatic carbocycles. The number of alkyl halides is 1. The minimum Gasteiger partial charge on any atom is -0.384 e. The summed E-state index contributed by atoms with van der Waals surface area (Å²) in [7, 11) is 1.74. The van der Waals surface area contributed by atoms with Gasteiger partial charge in [0.2, 0.25) is 0 Å². The van der Waals surface area contributed by atoms with E-state index in [2.05, 4.69) is 0 Å². The number of hydrogen-bond acceptors (Lipinski definition) is 1. The Morgan fingerprint density at radius 3 is 2.33 bits per heavy atom. The van der Waals surface area contributed by atoms with E-state index in [0.29, 0.717) is 5.41 Å². The number of halogens is 1. The molecule has 0 aromatic carbocycles. The number of hydrogen-bond donors (Lipinski definition) is 0. The highest BCUT2D eigenvalue weighted by molar-refractivity contribution is 6.18. The number of methoxy groups -OCH3 is 1. The summed E-state index contributed by atoms with van der Waals surface area (Å²) in [4.78, 5) is 0. The summed E-state index contributed by atoms with van der Waals surface area (Å²) in [6.07, 6.45) is 3.84. The first kappa shape index (κ1) is 7.36. The van der Waals surface area contributed by atoms with E-state index < -0.39 is 0 Å². The molecule has 0 aliphatic heterocycles. The standard InChI is InChI=1S/C7H13ClO/c1-9-6-7(5-8)3-2-4-7/h2-6H2,1H3. The van der Waals surface area contributed by atoms with Crippen molar-refractivity contribution in [3.05, 3.63) is 0 Å². The lowest BCUT2D eigenvalue weighted by Gasteiger charge is -2.39. The maximum Gasteiger partial charge on any atom is 0.0530 e. The number of ether oxygens (including phenoxy) is 1. The van der Waals surface area contributed by atoms with Crippen LogP contribution in [0.1, 0.15) is 19.3 Å². The third-order valence-corrected chi connectivity index (χ3v) is 2.72. The molecule has 54 valence electrons. The fourth-order valence-electron chi connectivity index (χ4n) is 1.30. The molecule has 0 bridgehead atoms. The van der Waals surface area contributed by atoms with E-state index in [4.69, 9.17) is 16.3 Å². The molecule has 0 aromatic rings. The second kappa shape index (κ2) is 2.89. The SMILES string of the molecule is COCC1(CCl)CCC1. The summed E-state index contributed by atoms with van der Waals surface area (Å²) < 4.78 is 5.06. The van der Waals surface area contributed by atoms with E-state index in [-0.39, 0.29) is 0 Å². The van der Waals surface area contributed by atoms with Crippen LogP contribution in [0.2, 0.25) is 0 Å². The van der Waals surface area contributed by atoms with Gasteiger partial charge < -0.3 is 4.74 Å². The third kappa shape index (κ3) is 1.39. The van der Waals surface area contributed by atoms with Gasteiger partial charge in [-0.05, 0) is 12.8 Å². The summed E-state index contributed by atoms with van der Waals surface area (Å²) in [6, 6.07) is 0. The van der Waals surface area contributed by atoms with Gasteiger partial charge in [-0.25, -0.2) is 0 Å². The maximum atomic E-state index is 5.76. The Balaban J connectivity index is 2.28. The molecule has 0 spiro atoms. The Morgan fingerprint density at radius 1 is 1.56 bits per heavy atom. The van der Waals surface area contributed by atoms with Gasteiger partial charge in [0.05, 0.1) is 6.61 Å². The molecule has 1 fully saturated rings. The lowest BCUT2D eigenvalue weighted by atomic mass is 9.71. The summed E-state index contributed by atoms with van der Waals surface area (Å²) in [5.41, 5.74) is 0.357. The van der Waals surface area contributed by atoms with Crippen molar-refractivity contribution >= 4 is 11.6 Å². The third-order valence-electron chi connectivity index (χ3n) is 2.15. The predicted octanol–water partition coefficient (Wildman–Crippen LogP) is 2.04. The van der Waals surface area contributed by atoms with Crippen LogP contribution in [0.15, 0.2) is 0 Å². The molecule has 1 rings (SSSR count). The molecular formula is C7H13ClO. The second-order valence-electron chi connectivity index (χ2n) is 2.92. The molecule has 0 heterocycles. The first-order valence-corrected chi connectivity index (χ1v) is 3.91. The highest BCUT2D eigenvalue weighted by atomic mass is 35.5. The molecule has 1 aliphatic rings. The number of rotatable bonds is 3. The van der Waals surface area contributed by atoms with E-state index in [9.17, 15) is 0 Å². The fourth-order valence-corrected chi connectivity index (χ4v) is 1.64. The van der Waals surface area contributed by atoms with E-state index in [0.717, 1.165) is 12.5 Å². The van der Waals surface area contributed by atoms with Gasteiger partial charge in [-0.3, -0.25) is 0 Å². The summed E-state index contributed by atoms with van der Waals surface area (Å²) in [5, 5.41) is 0. The first-order valence-electron chi connectivity index (χ1n) is 3.38. The van der Waals surface area contributed by atoms with E-state index in [1.54, 1.807) is 7.11 Å². The van der Waals surface area contributed by atoms with Crippen molar-refractivity contribution in [3.8, 4) is 0 Å². The lowest BCUT2D eigenvalue weighted by Crippen LogP contribution is -2.35. The first-order chi connectivity index (χ1) is 4.33. The van der Waals surface area contributed by atoms with Gasteiger partial charge in [0, 0.05) is 18.4 Å². The fraction of sp³-hybridized carbons (Fsp3) is 1.00. The molecule has 0 saturated heterocycles. The van der Waals surface area contributed by atoms with Crippen LogP contribution < -0.4 is 0 Å². The quantitative estimate of drug-likeness (QED) is 0.557. The molecular weight excluding hydrogens is 136 g/mol. The van der Waals surface area contributed by atoms with Crippen molar-refractivity contribution < 1.29 is 4.74 Å². The van der Waals surface area contributed by atoms with Crippen molar-refractivity contribution in [2.75, 3.05) is 19.6 Å². The van der Waals surface area contributed by atoms with Crippen molar-refractivity contribution in [2.24, 2.45) is 5.41 Å². The van der Waals surface area contributed by atoms with Gasteiger partial charge in [0.25, 0.3) is 0 Å². The summed E-state index contributed by atoms with van der Waals surface area (Å²) in [6.45, 7) is 0.844. The smallest absolute Gasteiger partial charge is 0.0530 e. The molecule has 2 heteroatoms. The van der Waals surface area contributed by atoms with Gasteiger partial charge >= 0.3 is 0 Å². The highest BCUT2D eigenvalue weighted by Gasteiger charge is 2.35. The maximum absolute atomic E-state index is 5.76. The highest BCUT2D eigenvalue weighted by Crippen LogP contribution is 2.41. The van der Waals surface area contributed by atoms with Crippen LogP contribution in [-0.4, -0.2) is 19.6 Å². The molecule has 1 saturated carbocycles. The zero-order valence-corrected chi connectivity index (χ0v) is 6.58. The molecule has 1 nitrogen and oxygen atoms in total. The van der Waals surface area contributed by atoms with E-state index >= 15 is 0 Å². The zero-order valence-electron chi connectivity index (χ0n) is 5.82. The summed E-state index contributed by atoms with van der Waals surface area (Å²) in [5.74, 6) is 0.765. The van der Waals surface area contributed by atoms with Crippen LogP contribution in [0.3, 0.4) is 0 Å². The Hall–Kier alpha value is 0.250. The normalized spacial score (nSPS) is 23.3. The van der Waals surface area contributed by atoms with Gasteiger partial charge in [-0.2, -0.15) is 0 Å². The van der Waals surface area contributed by atoms with Crippen LogP contribution in [0, 0.1) is 5.41 Å². The monoisotopic (exact) mass is 148 g/mol. The van der Waals surface area contributed by atoms with Crippen molar-refractivity contribution in [2.45, 2.75) is 19.3 Å². The minimum absolute atomic E-state index is 0.357. The van der Waals surface area contributed by atoms with Crippen molar-refractivity contribution in [3.63, 3.8) is 0 Å². The van der Waals surface area contributed by atoms with Gasteiger partial charge in [-0.1, -0.05) is 6.42 Å². The minimum atomic E-state index is 0.357. The molecule has 0 aromatic heterocycles. The Bertz CT molecular complexity index is 83.4. The molecule has 0 unspecified atom stereocenters. The van der Waals surface area contributed by atoms with Crippen LogP contribution in [0.5, 0.6) is 0 Å². The van der Waals surface area contributed by atoms with Gasteiger partial charge in [-0.15, -0.1) is 11.6 Å². The van der Waals surface area contributed by atoms with Gasteiger partial charge in [0.1, 0.15) is 0 Å². The summed E-state index contributed by atoms with van der Waals surface area (Å²) >= 11 is 5.76. The van der Waals surface area contributed by atoms with Crippen molar-refractivity contribution in [1.82, 2.24) is 0 Å². The molecule has 9 heavy (non-hydrogen) atoms. The van der Waals surface area contributed by atoms with E-state index in [1.807, 2.05) is 0 Å². The second-order valence-corrected chi connectivity index (χ2v) is 3.19.